The molecule has 1 saturated heterocycles. The zero-order valence-corrected chi connectivity index (χ0v) is 13.0. The number of carbonyl (C=O) groups excluding carboxylic acids is 1. The van der Waals surface area contributed by atoms with Gasteiger partial charge in [0.25, 0.3) is 0 Å². The van der Waals surface area contributed by atoms with E-state index < -0.39 is 17.7 Å². The second-order valence-corrected chi connectivity index (χ2v) is 6.57. The van der Waals surface area contributed by atoms with Gasteiger partial charge in [-0.1, -0.05) is 0 Å². The van der Waals surface area contributed by atoms with E-state index in [1.807, 2.05) is 4.90 Å². The van der Waals surface area contributed by atoms with Gasteiger partial charge in [-0.3, -0.25) is 4.68 Å². The van der Waals surface area contributed by atoms with Crippen LogP contribution >= 0.6 is 0 Å². The van der Waals surface area contributed by atoms with E-state index in [1.165, 1.54) is 6.20 Å². The number of carbonyl (C=O) groups is 1. The van der Waals surface area contributed by atoms with Gasteiger partial charge in [-0.05, 0) is 24.3 Å². The SMILES string of the molecule is O=C([O-])c1cnn(Cc2cnc(N3CC4CC4C3)cc2C(F)(F)F)c1. The van der Waals surface area contributed by atoms with Gasteiger partial charge in [-0.15, -0.1) is 0 Å². The van der Waals surface area contributed by atoms with Crippen molar-refractivity contribution in [1.29, 1.82) is 0 Å². The van der Waals surface area contributed by atoms with Crippen LogP contribution in [0.3, 0.4) is 0 Å². The van der Waals surface area contributed by atoms with Crippen molar-refractivity contribution < 1.29 is 23.1 Å². The van der Waals surface area contributed by atoms with Crippen LogP contribution in [0.25, 0.3) is 0 Å². The number of fused-ring (bicyclic) bond motifs is 1. The number of hydrogen-bond acceptors (Lipinski definition) is 5. The van der Waals surface area contributed by atoms with Crippen LogP contribution in [0.4, 0.5) is 19.0 Å². The molecule has 2 aliphatic rings. The summed E-state index contributed by atoms with van der Waals surface area (Å²) in [6, 6.07) is 1.07. The van der Waals surface area contributed by atoms with Gasteiger partial charge < -0.3 is 14.8 Å². The molecular formula is C16H14F3N4O2-. The Labute approximate surface area is 140 Å². The zero-order valence-electron chi connectivity index (χ0n) is 13.0. The molecule has 2 aromatic rings. The lowest BCUT2D eigenvalue weighted by Crippen LogP contribution is -2.24. The van der Waals surface area contributed by atoms with Gasteiger partial charge in [0.2, 0.25) is 0 Å². The van der Waals surface area contributed by atoms with E-state index in [0.29, 0.717) is 17.7 Å². The minimum Gasteiger partial charge on any atom is -0.545 e. The molecule has 0 bridgehead atoms. The molecule has 1 aliphatic carbocycles. The van der Waals surface area contributed by atoms with E-state index in [1.54, 1.807) is 0 Å². The number of pyridine rings is 1. The second kappa shape index (κ2) is 5.47. The van der Waals surface area contributed by atoms with Crippen molar-refractivity contribution >= 4 is 11.8 Å². The minimum atomic E-state index is -4.53. The monoisotopic (exact) mass is 351 g/mol. The van der Waals surface area contributed by atoms with Crippen molar-refractivity contribution in [2.45, 2.75) is 19.1 Å². The normalized spacial score (nSPS) is 22.1. The molecule has 1 aliphatic heterocycles. The Hall–Kier alpha value is -2.58. The van der Waals surface area contributed by atoms with Crippen LogP contribution in [0, 0.1) is 11.8 Å². The number of aromatic nitrogens is 3. The van der Waals surface area contributed by atoms with Gasteiger partial charge in [-0.25, -0.2) is 4.98 Å². The number of alkyl halides is 3. The number of carboxylic acid groups (broad SMARTS) is 1. The number of halogens is 3. The van der Waals surface area contributed by atoms with Gasteiger partial charge in [0, 0.05) is 36.6 Å². The van der Waals surface area contributed by atoms with Gasteiger partial charge in [0.1, 0.15) is 5.82 Å². The van der Waals surface area contributed by atoms with Gasteiger partial charge in [0.05, 0.1) is 24.3 Å². The Bertz CT molecular complexity index is 823. The fourth-order valence-electron chi connectivity index (χ4n) is 3.35. The summed E-state index contributed by atoms with van der Waals surface area (Å²) in [5.41, 5.74) is -1.02. The number of anilines is 1. The van der Waals surface area contributed by atoms with E-state index in [2.05, 4.69) is 10.1 Å². The number of rotatable bonds is 4. The Morgan fingerprint density at radius 2 is 2.00 bits per heavy atom. The number of hydrogen-bond donors (Lipinski definition) is 0. The van der Waals surface area contributed by atoms with Crippen molar-refractivity contribution in [3.05, 3.63) is 41.3 Å². The summed E-state index contributed by atoms with van der Waals surface area (Å²) < 4.78 is 41.5. The molecule has 0 aromatic carbocycles. The Morgan fingerprint density at radius 3 is 2.60 bits per heavy atom. The van der Waals surface area contributed by atoms with Gasteiger partial charge >= 0.3 is 6.18 Å². The molecule has 0 N–H and O–H groups in total. The lowest BCUT2D eigenvalue weighted by molar-refractivity contribution is -0.255. The largest absolute Gasteiger partial charge is 0.545 e. The molecule has 2 fully saturated rings. The molecule has 132 valence electrons. The third-order valence-electron chi connectivity index (χ3n) is 4.78. The topological polar surface area (TPSA) is 74.1 Å². The first kappa shape index (κ1) is 15.9. The van der Waals surface area contributed by atoms with Crippen molar-refractivity contribution in [3.8, 4) is 0 Å². The summed E-state index contributed by atoms with van der Waals surface area (Å²) in [5.74, 6) is 0.0772. The third kappa shape index (κ3) is 3.06. The summed E-state index contributed by atoms with van der Waals surface area (Å²) in [6.07, 6.45) is 0.00153. The number of aromatic carboxylic acids is 1. The van der Waals surface area contributed by atoms with E-state index >= 15 is 0 Å². The fourth-order valence-corrected chi connectivity index (χ4v) is 3.35. The number of nitrogens with zero attached hydrogens (tertiary/aromatic N) is 4. The van der Waals surface area contributed by atoms with Crippen molar-refractivity contribution in [2.75, 3.05) is 18.0 Å². The fraction of sp³-hybridized carbons (Fsp3) is 0.438. The van der Waals surface area contributed by atoms with Crippen molar-refractivity contribution in [2.24, 2.45) is 11.8 Å². The highest BCUT2D eigenvalue weighted by atomic mass is 19.4. The average Bonchev–Trinajstić information content (AvgIpc) is 2.96. The lowest BCUT2D eigenvalue weighted by atomic mass is 10.1. The first-order valence-electron chi connectivity index (χ1n) is 7.86. The predicted octanol–water partition coefficient (Wildman–Crippen LogP) is 1.16. The standard InChI is InChI=1S/C16H15F3N4O2/c17-16(18,19)13-2-14(22-5-9-1-10(9)6-22)20-3-11(13)7-23-8-12(4-21-23)15(24)25/h2-4,8-10H,1,5-7H2,(H,24,25)/p-1. The number of carboxylic acids is 1. The molecule has 0 radical (unpaired) electrons. The molecule has 4 rings (SSSR count). The van der Waals surface area contributed by atoms with Crippen LogP contribution in [0.5, 0.6) is 0 Å². The molecule has 1 saturated carbocycles. The molecule has 6 nitrogen and oxygen atoms in total. The second-order valence-electron chi connectivity index (χ2n) is 6.57. The van der Waals surface area contributed by atoms with E-state index in [0.717, 1.165) is 42.7 Å². The molecule has 2 aromatic heterocycles. The van der Waals surface area contributed by atoms with Crippen LogP contribution in [0.1, 0.15) is 27.9 Å². The highest BCUT2D eigenvalue weighted by molar-refractivity contribution is 5.84. The first-order valence-corrected chi connectivity index (χ1v) is 7.86. The van der Waals surface area contributed by atoms with Gasteiger partial charge in [-0.2, -0.15) is 18.3 Å². The first-order chi connectivity index (χ1) is 11.8. The smallest absolute Gasteiger partial charge is 0.416 e. The van der Waals surface area contributed by atoms with E-state index in [-0.39, 0.29) is 17.7 Å². The van der Waals surface area contributed by atoms with Gasteiger partial charge in [0.15, 0.2) is 0 Å². The van der Waals surface area contributed by atoms with Crippen molar-refractivity contribution in [3.63, 3.8) is 0 Å². The molecule has 9 heteroatoms. The predicted molar refractivity (Wildman–Crippen MR) is 78.7 cm³/mol. The molecular weight excluding hydrogens is 337 g/mol. The lowest BCUT2D eigenvalue weighted by Gasteiger charge is -2.21. The molecule has 25 heavy (non-hydrogen) atoms. The van der Waals surface area contributed by atoms with Crippen molar-refractivity contribution in [1.82, 2.24) is 14.8 Å². The zero-order chi connectivity index (χ0) is 17.8. The minimum absolute atomic E-state index is 0.0615. The summed E-state index contributed by atoms with van der Waals surface area (Å²) in [6.45, 7) is 1.28. The molecule has 3 heterocycles. The average molecular weight is 351 g/mol. The molecule has 0 spiro atoms. The summed E-state index contributed by atoms with van der Waals surface area (Å²) >= 11 is 0. The molecule has 2 atom stereocenters. The van der Waals surface area contributed by atoms with Crippen LogP contribution in [0.2, 0.25) is 0 Å². The quantitative estimate of drug-likeness (QED) is 0.827. The Morgan fingerprint density at radius 1 is 1.28 bits per heavy atom. The Kier molecular flexibility index (Phi) is 3.48. The highest BCUT2D eigenvalue weighted by Crippen LogP contribution is 2.46. The summed E-state index contributed by atoms with van der Waals surface area (Å²) in [7, 11) is 0. The van der Waals surface area contributed by atoms with Crippen LogP contribution < -0.4 is 10.0 Å². The van der Waals surface area contributed by atoms with Crippen LogP contribution in [-0.2, 0) is 12.7 Å². The van der Waals surface area contributed by atoms with Crippen LogP contribution in [-0.4, -0.2) is 33.8 Å². The Balaban J connectivity index is 1.62. The summed E-state index contributed by atoms with van der Waals surface area (Å²) in [4.78, 5) is 16.8. The number of piperidine rings is 1. The van der Waals surface area contributed by atoms with E-state index in [9.17, 15) is 23.1 Å². The van der Waals surface area contributed by atoms with E-state index in [4.69, 9.17) is 0 Å². The maximum Gasteiger partial charge on any atom is 0.416 e. The third-order valence-corrected chi connectivity index (χ3v) is 4.78. The highest BCUT2D eigenvalue weighted by Gasteiger charge is 2.46. The molecule has 2 unspecified atom stereocenters. The maximum absolute atomic E-state index is 13.5. The molecule has 0 amide bonds. The summed E-state index contributed by atoms with van der Waals surface area (Å²) in [5, 5.41) is 14.5. The maximum atomic E-state index is 13.5. The van der Waals surface area contributed by atoms with Crippen LogP contribution in [0.15, 0.2) is 24.7 Å².